The lowest BCUT2D eigenvalue weighted by atomic mass is 10.1. The van der Waals surface area contributed by atoms with Crippen LogP contribution < -0.4 is 10.1 Å². The second kappa shape index (κ2) is 8.55. The Morgan fingerprint density at radius 2 is 1.96 bits per heavy atom. The quantitative estimate of drug-likeness (QED) is 0.881. The van der Waals surface area contributed by atoms with Crippen molar-refractivity contribution in [2.24, 2.45) is 0 Å². The van der Waals surface area contributed by atoms with E-state index < -0.39 is 0 Å². The van der Waals surface area contributed by atoms with E-state index in [4.69, 9.17) is 4.74 Å². The van der Waals surface area contributed by atoms with Gasteiger partial charge in [-0.1, -0.05) is 29.8 Å². The molecular weight excluding hydrogens is 338 g/mol. The second-order valence-corrected chi connectivity index (χ2v) is 7.62. The number of likely N-dealkylation sites (N-methyl/N-ethyl adjacent to an activating group) is 1. The number of carbonyl (C=O) groups is 1. The van der Waals surface area contributed by atoms with Gasteiger partial charge in [0, 0.05) is 37.8 Å². The van der Waals surface area contributed by atoms with E-state index in [2.05, 4.69) is 66.5 Å². The Kier molecular flexibility index (Phi) is 6.14. The van der Waals surface area contributed by atoms with E-state index in [-0.39, 0.29) is 5.91 Å². The summed E-state index contributed by atoms with van der Waals surface area (Å²) in [6.07, 6.45) is 0. The molecule has 0 fully saturated rings. The topological polar surface area (TPSA) is 44.8 Å². The standard InChI is InChI=1S/C22H29N3O2/c1-16-5-10-22-19(11-16)13-25(21(15-27-22)14-24(3)4)12-18-6-8-20(9-7-18)23-17(2)26/h5-11,21H,12-15H2,1-4H3,(H,23,26)/t21-/m0/s1. The average Bonchev–Trinajstić information content (AvgIpc) is 2.75. The number of benzene rings is 2. The van der Waals surface area contributed by atoms with E-state index in [0.717, 1.165) is 31.1 Å². The summed E-state index contributed by atoms with van der Waals surface area (Å²) in [5.74, 6) is 0.943. The first-order valence-corrected chi connectivity index (χ1v) is 9.38. The number of fused-ring (bicyclic) bond motifs is 1. The molecule has 27 heavy (non-hydrogen) atoms. The lowest BCUT2D eigenvalue weighted by molar-refractivity contribution is -0.114. The molecule has 2 aromatic rings. The molecule has 1 atom stereocenters. The van der Waals surface area contributed by atoms with Crippen LogP contribution in [0.3, 0.4) is 0 Å². The fraction of sp³-hybridized carbons (Fsp3) is 0.409. The number of hydrogen-bond donors (Lipinski definition) is 1. The third-order valence-corrected chi connectivity index (χ3v) is 4.77. The number of carbonyl (C=O) groups excluding carboxylic acids is 1. The van der Waals surface area contributed by atoms with Crippen molar-refractivity contribution < 1.29 is 9.53 Å². The average molecular weight is 367 g/mol. The molecule has 1 amide bonds. The molecule has 0 unspecified atom stereocenters. The van der Waals surface area contributed by atoms with Crippen LogP contribution in [0.15, 0.2) is 42.5 Å². The molecule has 3 rings (SSSR count). The predicted molar refractivity (Wildman–Crippen MR) is 109 cm³/mol. The van der Waals surface area contributed by atoms with Gasteiger partial charge in [-0.15, -0.1) is 0 Å². The molecule has 2 aromatic carbocycles. The first-order chi connectivity index (χ1) is 12.9. The van der Waals surface area contributed by atoms with Crippen LogP contribution in [0.25, 0.3) is 0 Å². The highest BCUT2D eigenvalue weighted by Gasteiger charge is 2.25. The summed E-state index contributed by atoms with van der Waals surface area (Å²) in [5, 5.41) is 2.82. The minimum absolute atomic E-state index is 0.0505. The van der Waals surface area contributed by atoms with Crippen LogP contribution in [-0.4, -0.2) is 49.0 Å². The number of rotatable bonds is 5. The van der Waals surface area contributed by atoms with Gasteiger partial charge in [0.1, 0.15) is 12.4 Å². The number of aryl methyl sites for hydroxylation is 1. The van der Waals surface area contributed by atoms with Crippen molar-refractivity contribution in [3.63, 3.8) is 0 Å². The third kappa shape index (κ3) is 5.31. The first kappa shape index (κ1) is 19.4. The Morgan fingerprint density at radius 3 is 2.63 bits per heavy atom. The molecule has 0 saturated carbocycles. The number of hydrogen-bond acceptors (Lipinski definition) is 4. The van der Waals surface area contributed by atoms with E-state index in [0.29, 0.717) is 12.6 Å². The molecule has 5 heteroatoms. The maximum Gasteiger partial charge on any atom is 0.221 e. The van der Waals surface area contributed by atoms with Crippen LogP contribution in [0, 0.1) is 6.92 Å². The van der Waals surface area contributed by atoms with Crippen molar-refractivity contribution >= 4 is 11.6 Å². The molecule has 1 aliphatic heterocycles. The smallest absolute Gasteiger partial charge is 0.221 e. The predicted octanol–water partition coefficient (Wildman–Crippen LogP) is 3.28. The third-order valence-electron chi connectivity index (χ3n) is 4.77. The van der Waals surface area contributed by atoms with Crippen molar-refractivity contribution in [1.82, 2.24) is 9.80 Å². The molecular formula is C22H29N3O2. The van der Waals surface area contributed by atoms with Crippen LogP contribution >= 0.6 is 0 Å². The van der Waals surface area contributed by atoms with Crippen molar-refractivity contribution in [2.45, 2.75) is 33.0 Å². The SMILES string of the molecule is CC(=O)Nc1ccc(CN2Cc3cc(C)ccc3OC[C@@H]2CN(C)C)cc1. The number of amides is 1. The Balaban J connectivity index is 1.80. The molecule has 0 saturated heterocycles. The first-order valence-electron chi connectivity index (χ1n) is 9.38. The fourth-order valence-electron chi connectivity index (χ4n) is 3.52. The van der Waals surface area contributed by atoms with Crippen LogP contribution in [0.5, 0.6) is 5.75 Å². The molecule has 0 radical (unpaired) electrons. The van der Waals surface area contributed by atoms with Crippen LogP contribution in [0.2, 0.25) is 0 Å². The molecule has 1 N–H and O–H groups in total. The van der Waals surface area contributed by atoms with Crippen molar-refractivity contribution in [2.75, 3.05) is 32.6 Å². The van der Waals surface area contributed by atoms with Crippen molar-refractivity contribution in [3.8, 4) is 5.75 Å². The molecule has 5 nitrogen and oxygen atoms in total. The van der Waals surface area contributed by atoms with Gasteiger partial charge in [-0.25, -0.2) is 0 Å². The maximum absolute atomic E-state index is 11.2. The zero-order chi connectivity index (χ0) is 19.4. The monoisotopic (exact) mass is 367 g/mol. The number of anilines is 1. The van der Waals surface area contributed by atoms with E-state index in [1.54, 1.807) is 0 Å². The highest BCUT2D eigenvalue weighted by atomic mass is 16.5. The van der Waals surface area contributed by atoms with Gasteiger partial charge in [0.2, 0.25) is 5.91 Å². The molecule has 0 spiro atoms. The van der Waals surface area contributed by atoms with Crippen LogP contribution in [0.4, 0.5) is 5.69 Å². The zero-order valence-electron chi connectivity index (χ0n) is 16.7. The fourth-order valence-corrected chi connectivity index (χ4v) is 3.52. The summed E-state index contributed by atoms with van der Waals surface area (Å²) < 4.78 is 6.13. The summed E-state index contributed by atoms with van der Waals surface area (Å²) in [6, 6.07) is 14.8. The van der Waals surface area contributed by atoms with Gasteiger partial charge in [-0.2, -0.15) is 0 Å². The maximum atomic E-state index is 11.2. The van der Waals surface area contributed by atoms with Gasteiger partial charge in [0.25, 0.3) is 0 Å². The van der Waals surface area contributed by atoms with E-state index >= 15 is 0 Å². The number of ether oxygens (including phenoxy) is 1. The summed E-state index contributed by atoms with van der Waals surface area (Å²) >= 11 is 0. The highest BCUT2D eigenvalue weighted by molar-refractivity contribution is 5.88. The van der Waals surface area contributed by atoms with Crippen molar-refractivity contribution in [3.05, 3.63) is 59.2 Å². The van der Waals surface area contributed by atoms with Crippen LogP contribution in [0.1, 0.15) is 23.6 Å². The van der Waals surface area contributed by atoms with Gasteiger partial charge >= 0.3 is 0 Å². The molecule has 0 aromatic heterocycles. The number of nitrogens with one attached hydrogen (secondary N) is 1. The Labute approximate surface area is 161 Å². The summed E-state index contributed by atoms with van der Waals surface area (Å²) in [7, 11) is 4.20. The minimum atomic E-state index is -0.0505. The molecule has 144 valence electrons. The van der Waals surface area contributed by atoms with E-state index in [1.807, 2.05) is 12.1 Å². The van der Waals surface area contributed by atoms with Gasteiger partial charge in [0.05, 0.1) is 6.04 Å². The second-order valence-electron chi connectivity index (χ2n) is 7.62. The van der Waals surface area contributed by atoms with Gasteiger partial charge < -0.3 is 15.0 Å². The van der Waals surface area contributed by atoms with E-state index in [1.165, 1.54) is 23.6 Å². The zero-order valence-corrected chi connectivity index (χ0v) is 16.7. The lowest BCUT2D eigenvalue weighted by Gasteiger charge is -2.31. The molecule has 1 aliphatic rings. The summed E-state index contributed by atoms with van der Waals surface area (Å²) in [5.41, 5.74) is 4.55. The van der Waals surface area contributed by atoms with Gasteiger partial charge in [-0.05, 0) is 44.8 Å². The number of nitrogens with zero attached hydrogens (tertiary/aromatic N) is 2. The van der Waals surface area contributed by atoms with E-state index in [9.17, 15) is 4.79 Å². The normalized spacial score (nSPS) is 17.1. The largest absolute Gasteiger partial charge is 0.492 e. The Bertz CT molecular complexity index is 787. The Hall–Kier alpha value is -2.37. The minimum Gasteiger partial charge on any atom is -0.492 e. The highest BCUT2D eigenvalue weighted by Crippen LogP contribution is 2.27. The lowest BCUT2D eigenvalue weighted by Crippen LogP contribution is -2.43. The molecule has 0 aliphatic carbocycles. The molecule has 1 heterocycles. The van der Waals surface area contributed by atoms with Crippen LogP contribution in [-0.2, 0) is 17.9 Å². The van der Waals surface area contributed by atoms with Crippen molar-refractivity contribution in [1.29, 1.82) is 0 Å². The van der Waals surface area contributed by atoms with Gasteiger partial charge in [0.15, 0.2) is 0 Å². The molecule has 0 bridgehead atoms. The van der Waals surface area contributed by atoms with Gasteiger partial charge in [-0.3, -0.25) is 9.69 Å². The summed E-state index contributed by atoms with van der Waals surface area (Å²) in [6.45, 7) is 6.97. The Morgan fingerprint density at radius 1 is 1.22 bits per heavy atom. The summed E-state index contributed by atoms with van der Waals surface area (Å²) in [4.78, 5) is 15.9.